The zero-order valence-electron chi connectivity index (χ0n) is 17.9. The Morgan fingerprint density at radius 3 is 2.37 bits per heavy atom. The van der Waals surface area contributed by atoms with Crippen LogP contribution in [0.15, 0.2) is 29.2 Å². The number of carbonyl (C=O) groups excluding carboxylic acids is 2. The molecular formula is C21H32FN3O4S. The normalized spacial score (nSPS) is 15.6. The van der Waals surface area contributed by atoms with Gasteiger partial charge in [0.1, 0.15) is 5.82 Å². The van der Waals surface area contributed by atoms with E-state index in [-0.39, 0.29) is 35.7 Å². The van der Waals surface area contributed by atoms with Crippen molar-refractivity contribution in [1.29, 1.82) is 0 Å². The van der Waals surface area contributed by atoms with Gasteiger partial charge in [-0.1, -0.05) is 13.8 Å². The second-order valence-electron chi connectivity index (χ2n) is 8.20. The van der Waals surface area contributed by atoms with Gasteiger partial charge in [0.2, 0.25) is 21.8 Å². The molecule has 168 valence electrons. The lowest BCUT2D eigenvalue weighted by Crippen LogP contribution is -2.46. The molecule has 1 aliphatic heterocycles. The molecule has 1 aromatic carbocycles. The fourth-order valence-corrected chi connectivity index (χ4v) is 4.63. The molecule has 2 rings (SSSR count). The minimum atomic E-state index is -3.71. The van der Waals surface area contributed by atoms with E-state index < -0.39 is 15.8 Å². The topological polar surface area (TPSA) is 86.8 Å². The van der Waals surface area contributed by atoms with E-state index in [0.29, 0.717) is 31.8 Å². The number of nitrogens with zero attached hydrogens (tertiary/aromatic N) is 2. The molecule has 1 saturated heterocycles. The minimum absolute atomic E-state index is 0.0228. The summed E-state index contributed by atoms with van der Waals surface area (Å²) in [5, 5.41) is 2.98. The van der Waals surface area contributed by atoms with Gasteiger partial charge >= 0.3 is 0 Å². The van der Waals surface area contributed by atoms with Gasteiger partial charge in [-0.05, 0) is 49.4 Å². The summed E-state index contributed by atoms with van der Waals surface area (Å²) < 4.78 is 39.1. The lowest BCUT2D eigenvalue weighted by molar-refractivity contribution is -0.133. The van der Waals surface area contributed by atoms with Crippen LogP contribution in [0.4, 0.5) is 4.39 Å². The third-order valence-corrected chi connectivity index (χ3v) is 7.07. The number of likely N-dealkylation sites (tertiary alicyclic amines) is 1. The van der Waals surface area contributed by atoms with Crippen LogP contribution in [0.2, 0.25) is 0 Å². The largest absolute Gasteiger partial charge is 0.353 e. The number of halogens is 1. The number of nitrogens with one attached hydrogen (secondary N) is 1. The first kappa shape index (κ1) is 24.3. The number of amides is 2. The highest BCUT2D eigenvalue weighted by atomic mass is 32.2. The van der Waals surface area contributed by atoms with Gasteiger partial charge in [-0.3, -0.25) is 9.59 Å². The Kier molecular flexibility index (Phi) is 8.78. The van der Waals surface area contributed by atoms with Crippen molar-refractivity contribution in [2.75, 3.05) is 26.7 Å². The van der Waals surface area contributed by atoms with Crippen LogP contribution in [-0.4, -0.2) is 62.2 Å². The van der Waals surface area contributed by atoms with Gasteiger partial charge in [0, 0.05) is 45.6 Å². The molecule has 0 saturated carbocycles. The van der Waals surface area contributed by atoms with Crippen molar-refractivity contribution in [2.45, 2.75) is 56.9 Å². The van der Waals surface area contributed by atoms with Crippen molar-refractivity contribution in [3.8, 4) is 0 Å². The first-order chi connectivity index (χ1) is 14.1. The smallest absolute Gasteiger partial charge is 0.242 e. The van der Waals surface area contributed by atoms with Crippen molar-refractivity contribution in [1.82, 2.24) is 14.5 Å². The summed E-state index contributed by atoms with van der Waals surface area (Å²) in [4.78, 5) is 26.2. The number of sulfonamides is 1. The van der Waals surface area contributed by atoms with Crippen molar-refractivity contribution in [3.63, 3.8) is 0 Å². The molecule has 0 atom stereocenters. The van der Waals surface area contributed by atoms with Gasteiger partial charge in [-0.15, -0.1) is 0 Å². The molecule has 0 radical (unpaired) electrons. The van der Waals surface area contributed by atoms with Crippen LogP contribution < -0.4 is 5.32 Å². The van der Waals surface area contributed by atoms with Crippen molar-refractivity contribution >= 4 is 21.8 Å². The van der Waals surface area contributed by atoms with Crippen LogP contribution in [0.5, 0.6) is 0 Å². The first-order valence-corrected chi connectivity index (χ1v) is 11.8. The number of hydrogen-bond donors (Lipinski definition) is 1. The lowest BCUT2D eigenvalue weighted by atomic mass is 10.0. The highest BCUT2D eigenvalue weighted by Gasteiger charge is 2.24. The second-order valence-corrected chi connectivity index (χ2v) is 10.2. The van der Waals surface area contributed by atoms with Crippen molar-refractivity contribution in [2.24, 2.45) is 5.92 Å². The molecule has 1 fully saturated rings. The highest BCUT2D eigenvalue weighted by Crippen LogP contribution is 2.16. The number of piperidine rings is 1. The van der Waals surface area contributed by atoms with Crippen LogP contribution in [0.1, 0.15) is 46.0 Å². The van der Waals surface area contributed by atoms with Crippen LogP contribution in [0.25, 0.3) is 0 Å². The van der Waals surface area contributed by atoms with Gasteiger partial charge in [-0.25, -0.2) is 17.1 Å². The molecule has 7 nitrogen and oxygen atoms in total. The Labute approximate surface area is 178 Å². The summed E-state index contributed by atoms with van der Waals surface area (Å²) in [6.07, 6.45) is 2.61. The zero-order chi connectivity index (χ0) is 22.3. The Balaban J connectivity index is 1.71. The average Bonchev–Trinajstić information content (AvgIpc) is 2.68. The van der Waals surface area contributed by atoms with Crippen LogP contribution >= 0.6 is 0 Å². The third-order valence-electron chi connectivity index (χ3n) is 5.19. The van der Waals surface area contributed by atoms with E-state index in [0.717, 1.165) is 25.0 Å². The standard InChI is InChI=1S/C21H32FN3O4S/c1-16(2)15-21(27)25-13-10-18(11-14-25)23-20(26)5-4-12-24(3)30(28,29)19-8-6-17(22)7-9-19/h6-9,16,18H,4-5,10-15H2,1-3H3,(H,23,26). The Morgan fingerprint density at radius 1 is 1.20 bits per heavy atom. The first-order valence-electron chi connectivity index (χ1n) is 10.4. The van der Waals surface area contributed by atoms with E-state index in [9.17, 15) is 22.4 Å². The maximum atomic E-state index is 13.0. The highest BCUT2D eigenvalue weighted by molar-refractivity contribution is 7.89. The predicted octanol–water partition coefficient (Wildman–Crippen LogP) is 2.38. The lowest BCUT2D eigenvalue weighted by Gasteiger charge is -2.33. The molecule has 0 aromatic heterocycles. The SMILES string of the molecule is CC(C)CC(=O)N1CCC(NC(=O)CCCN(C)S(=O)(=O)c2ccc(F)cc2)CC1. The van der Waals surface area contributed by atoms with E-state index in [1.165, 1.54) is 23.5 Å². The molecule has 0 spiro atoms. The number of carbonyl (C=O) groups is 2. The Bertz CT molecular complexity index is 819. The summed E-state index contributed by atoms with van der Waals surface area (Å²) in [7, 11) is -2.26. The fraction of sp³-hybridized carbons (Fsp3) is 0.619. The predicted molar refractivity (Wildman–Crippen MR) is 113 cm³/mol. The molecule has 0 bridgehead atoms. The number of hydrogen-bond acceptors (Lipinski definition) is 4. The Morgan fingerprint density at radius 2 is 1.80 bits per heavy atom. The second kappa shape index (κ2) is 10.9. The maximum absolute atomic E-state index is 13.0. The van der Waals surface area contributed by atoms with E-state index in [1.54, 1.807) is 0 Å². The molecule has 1 N–H and O–H groups in total. The molecule has 1 aliphatic rings. The number of rotatable bonds is 9. The van der Waals surface area contributed by atoms with Gasteiger partial charge in [0.05, 0.1) is 4.90 Å². The average molecular weight is 442 g/mol. The van der Waals surface area contributed by atoms with Crippen LogP contribution in [0.3, 0.4) is 0 Å². The van der Waals surface area contributed by atoms with Gasteiger partial charge < -0.3 is 10.2 Å². The van der Waals surface area contributed by atoms with E-state index in [4.69, 9.17) is 0 Å². The summed E-state index contributed by atoms with van der Waals surface area (Å²) >= 11 is 0. The van der Waals surface area contributed by atoms with Gasteiger partial charge in [0.15, 0.2) is 0 Å². The van der Waals surface area contributed by atoms with Gasteiger partial charge in [-0.2, -0.15) is 0 Å². The van der Waals surface area contributed by atoms with Crippen LogP contribution in [-0.2, 0) is 19.6 Å². The monoisotopic (exact) mass is 441 g/mol. The van der Waals surface area contributed by atoms with Crippen molar-refractivity contribution in [3.05, 3.63) is 30.1 Å². The number of benzene rings is 1. The minimum Gasteiger partial charge on any atom is -0.353 e. The zero-order valence-corrected chi connectivity index (χ0v) is 18.8. The van der Waals surface area contributed by atoms with Gasteiger partial charge in [0.25, 0.3) is 0 Å². The van der Waals surface area contributed by atoms with Crippen molar-refractivity contribution < 1.29 is 22.4 Å². The maximum Gasteiger partial charge on any atom is 0.242 e. The van der Waals surface area contributed by atoms with E-state index in [2.05, 4.69) is 5.32 Å². The van der Waals surface area contributed by atoms with E-state index in [1.807, 2.05) is 18.7 Å². The van der Waals surface area contributed by atoms with E-state index >= 15 is 0 Å². The molecule has 1 aromatic rings. The fourth-order valence-electron chi connectivity index (χ4n) is 3.42. The summed E-state index contributed by atoms with van der Waals surface area (Å²) in [5.41, 5.74) is 0. The summed E-state index contributed by atoms with van der Waals surface area (Å²) in [6.45, 7) is 5.53. The summed E-state index contributed by atoms with van der Waals surface area (Å²) in [6, 6.07) is 4.71. The molecule has 2 amide bonds. The molecule has 9 heteroatoms. The summed E-state index contributed by atoms with van der Waals surface area (Å²) in [5.74, 6) is -0.113. The van der Waals surface area contributed by atoms with Crippen LogP contribution in [0, 0.1) is 11.7 Å². The Hall–Kier alpha value is -2.00. The molecule has 0 unspecified atom stereocenters. The molecule has 0 aliphatic carbocycles. The molecule has 30 heavy (non-hydrogen) atoms. The third kappa shape index (κ3) is 7.05. The molecule has 1 heterocycles. The molecular weight excluding hydrogens is 409 g/mol. The quantitative estimate of drug-likeness (QED) is 0.637.